The highest BCUT2D eigenvalue weighted by Gasteiger charge is 2.52. The first kappa shape index (κ1) is 19.9. The zero-order valence-corrected chi connectivity index (χ0v) is 17.2. The van der Waals surface area contributed by atoms with Crippen LogP contribution in [0.15, 0.2) is 77.7 Å². The molecule has 2 saturated heterocycles. The summed E-state index contributed by atoms with van der Waals surface area (Å²) in [6.45, 7) is 7.26. The summed E-state index contributed by atoms with van der Waals surface area (Å²) >= 11 is 0. The number of nitrogens with zero attached hydrogens (tertiary/aromatic N) is 1. The number of carbonyl (C=O) groups is 1. The zero-order chi connectivity index (χ0) is 20.6. The van der Waals surface area contributed by atoms with Gasteiger partial charge >= 0.3 is 5.97 Å². The lowest BCUT2D eigenvalue weighted by Crippen LogP contribution is -2.43. The second-order valence-electron chi connectivity index (χ2n) is 7.89. The summed E-state index contributed by atoms with van der Waals surface area (Å²) in [5, 5.41) is -0.843. The molecule has 0 aliphatic carbocycles. The number of carbonyl (C=O) groups excluding carboxylic acids is 1. The summed E-state index contributed by atoms with van der Waals surface area (Å²) < 4.78 is 32.7. The molecular formula is C23H25NO4S. The van der Waals surface area contributed by atoms with E-state index in [1.807, 2.05) is 37.3 Å². The van der Waals surface area contributed by atoms with E-state index in [-0.39, 0.29) is 23.3 Å². The van der Waals surface area contributed by atoms with Gasteiger partial charge in [0.05, 0.1) is 16.6 Å². The van der Waals surface area contributed by atoms with Crippen molar-refractivity contribution in [2.24, 2.45) is 5.92 Å². The molecule has 2 aromatic carbocycles. The van der Waals surface area contributed by atoms with E-state index in [4.69, 9.17) is 4.74 Å². The van der Waals surface area contributed by atoms with Crippen molar-refractivity contribution < 1.29 is 17.9 Å². The Morgan fingerprint density at radius 1 is 1.07 bits per heavy atom. The SMILES string of the molecule is C=C1CN(Cc2ccccc2)[C@@H](C)[C@@H]2OC(=O)C[C@H]2[C@@H]1S(=O)(=O)c1ccccc1. The van der Waals surface area contributed by atoms with Crippen LogP contribution in [0.5, 0.6) is 0 Å². The largest absolute Gasteiger partial charge is 0.460 e. The average molecular weight is 412 g/mol. The van der Waals surface area contributed by atoms with Crippen LogP contribution in [0, 0.1) is 5.92 Å². The molecule has 4 rings (SSSR count). The van der Waals surface area contributed by atoms with Crippen molar-refractivity contribution in [3.63, 3.8) is 0 Å². The minimum Gasteiger partial charge on any atom is -0.460 e. The second kappa shape index (κ2) is 7.76. The maximum absolute atomic E-state index is 13.5. The van der Waals surface area contributed by atoms with Crippen molar-refractivity contribution in [3.05, 3.63) is 78.4 Å². The predicted molar refractivity (Wildman–Crippen MR) is 111 cm³/mol. The van der Waals surface area contributed by atoms with Gasteiger partial charge in [0.2, 0.25) is 0 Å². The topological polar surface area (TPSA) is 63.7 Å². The van der Waals surface area contributed by atoms with Crippen LogP contribution in [0.3, 0.4) is 0 Å². The van der Waals surface area contributed by atoms with Gasteiger partial charge in [-0.1, -0.05) is 55.1 Å². The first-order valence-electron chi connectivity index (χ1n) is 9.82. The highest BCUT2D eigenvalue weighted by atomic mass is 32.2. The van der Waals surface area contributed by atoms with Gasteiger partial charge in [-0.05, 0) is 30.2 Å². The van der Waals surface area contributed by atoms with Gasteiger partial charge in [0.15, 0.2) is 9.84 Å². The normalized spacial score (nSPS) is 27.9. The molecule has 2 heterocycles. The number of fused-ring (bicyclic) bond motifs is 1. The number of esters is 1. The number of benzene rings is 2. The van der Waals surface area contributed by atoms with E-state index in [0.29, 0.717) is 18.7 Å². The lowest BCUT2D eigenvalue weighted by atomic mass is 9.91. The Balaban J connectivity index is 1.72. The Kier molecular flexibility index (Phi) is 5.32. The van der Waals surface area contributed by atoms with Gasteiger partial charge in [-0.2, -0.15) is 0 Å². The van der Waals surface area contributed by atoms with Crippen molar-refractivity contribution in [3.8, 4) is 0 Å². The van der Waals surface area contributed by atoms with Crippen LogP contribution in [0.2, 0.25) is 0 Å². The summed E-state index contributed by atoms with van der Waals surface area (Å²) in [6, 6.07) is 18.3. The van der Waals surface area contributed by atoms with E-state index in [2.05, 4.69) is 11.5 Å². The molecule has 6 heteroatoms. The molecule has 5 nitrogen and oxygen atoms in total. The fourth-order valence-electron chi connectivity index (χ4n) is 4.56. The summed E-state index contributed by atoms with van der Waals surface area (Å²) in [4.78, 5) is 14.6. The van der Waals surface area contributed by atoms with Gasteiger partial charge in [-0.15, -0.1) is 0 Å². The van der Waals surface area contributed by atoms with Crippen LogP contribution < -0.4 is 0 Å². The number of hydrogen-bond donors (Lipinski definition) is 0. The molecule has 0 saturated carbocycles. The van der Waals surface area contributed by atoms with Gasteiger partial charge in [-0.3, -0.25) is 9.69 Å². The van der Waals surface area contributed by atoms with Gasteiger partial charge in [-0.25, -0.2) is 8.42 Å². The van der Waals surface area contributed by atoms with Crippen LogP contribution in [0.1, 0.15) is 18.9 Å². The molecule has 29 heavy (non-hydrogen) atoms. The fourth-order valence-corrected chi connectivity index (χ4v) is 6.62. The quantitative estimate of drug-likeness (QED) is 0.571. The van der Waals surface area contributed by atoms with E-state index < -0.39 is 27.1 Å². The Bertz CT molecular complexity index is 1000. The van der Waals surface area contributed by atoms with E-state index in [0.717, 1.165) is 5.56 Å². The molecule has 2 aromatic rings. The lowest BCUT2D eigenvalue weighted by Gasteiger charge is -2.31. The highest BCUT2D eigenvalue weighted by Crippen LogP contribution is 2.41. The maximum Gasteiger partial charge on any atom is 0.306 e. The van der Waals surface area contributed by atoms with Gasteiger partial charge < -0.3 is 4.74 Å². The number of sulfone groups is 1. The van der Waals surface area contributed by atoms with E-state index in [1.165, 1.54) is 0 Å². The molecule has 2 aliphatic rings. The van der Waals surface area contributed by atoms with Crippen molar-refractivity contribution in [2.45, 2.75) is 42.2 Å². The number of likely N-dealkylation sites (tertiary alicyclic amines) is 1. The summed E-state index contributed by atoms with van der Waals surface area (Å²) in [6.07, 6.45) is -0.377. The molecule has 0 N–H and O–H groups in total. The van der Waals surface area contributed by atoms with Crippen molar-refractivity contribution >= 4 is 15.8 Å². The summed E-state index contributed by atoms with van der Waals surface area (Å²) in [5.41, 5.74) is 1.74. The Morgan fingerprint density at radius 3 is 2.34 bits per heavy atom. The third-order valence-corrected chi connectivity index (χ3v) is 8.26. The van der Waals surface area contributed by atoms with Crippen LogP contribution in [-0.4, -0.2) is 43.2 Å². The maximum atomic E-state index is 13.5. The van der Waals surface area contributed by atoms with Crippen molar-refractivity contribution in [2.75, 3.05) is 6.54 Å². The van der Waals surface area contributed by atoms with E-state index in [1.54, 1.807) is 30.3 Å². The number of hydrogen-bond acceptors (Lipinski definition) is 5. The minimum absolute atomic E-state index is 0.101. The molecule has 2 fully saturated rings. The molecule has 4 atom stereocenters. The highest BCUT2D eigenvalue weighted by molar-refractivity contribution is 7.92. The second-order valence-corrected chi connectivity index (χ2v) is 9.96. The Morgan fingerprint density at radius 2 is 1.69 bits per heavy atom. The smallest absolute Gasteiger partial charge is 0.306 e. The molecule has 0 aromatic heterocycles. The molecule has 0 amide bonds. The predicted octanol–water partition coefficient (Wildman–Crippen LogP) is 3.22. The summed E-state index contributed by atoms with van der Waals surface area (Å²) in [7, 11) is -3.69. The van der Waals surface area contributed by atoms with Crippen LogP contribution in [-0.2, 0) is 25.9 Å². The zero-order valence-electron chi connectivity index (χ0n) is 16.4. The lowest BCUT2D eigenvalue weighted by molar-refractivity contribution is -0.143. The molecule has 0 unspecified atom stereocenters. The third-order valence-electron chi connectivity index (χ3n) is 5.98. The Labute approximate surface area is 171 Å². The molecule has 2 aliphatic heterocycles. The molecule has 0 spiro atoms. The molecular weight excluding hydrogens is 386 g/mol. The van der Waals surface area contributed by atoms with Gasteiger partial charge in [0.25, 0.3) is 0 Å². The average Bonchev–Trinajstić information content (AvgIpc) is 3.05. The van der Waals surface area contributed by atoms with E-state index in [9.17, 15) is 13.2 Å². The fraction of sp³-hybridized carbons (Fsp3) is 0.348. The van der Waals surface area contributed by atoms with Crippen molar-refractivity contribution in [1.29, 1.82) is 0 Å². The van der Waals surface area contributed by atoms with Crippen LogP contribution in [0.4, 0.5) is 0 Å². The summed E-state index contributed by atoms with van der Waals surface area (Å²) in [5.74, 6) is -0.773. The third kappa shape index (κ3) is 3.74. The molecule has 152 valence electrons. The molecule has 0 bridgehead atoms. The van der Waals surface area contributed by atoms with Crippen molar-refractivity contribution in [1.82, 2.24) is 4.90 Å². The first-order valence-corrected chi connectivity index (χ1v) is 11.4. The van der Waals surface area contributed by atoms with Crippen LogP contribution >= 0.6 is 0 Å². The van der Waals surface area contributed by atoms with E-state index >= 15 is 0 Å². The Hall–Kier alpha value is -2.44. The number of rotatable bonds is 4. The minimum atomic E-state index is -3.69. The standard InChI is InChI=1S/C23H25NO4S/c1-16-14-24(15-18-9-5-3-6-10-18)17(2)22-20(13-21(25)28-22)23(16)29(26,27)19-11-7-4-8-12-19/h3-12,17,20,22-23H,1,13-15H2,2H3/t17-,20+,22-,23+/m0/s1. The van der Waals surface area contributed by atoms with Gasteiger partial charge in [0, 0.05) is 25.0 Å². The molecule has 0 radical (unpaired) electrons. The number of ether oxygens (including phenoxy) is 1. The van der Waals surface area contributed by atoms with Gasteiger partial charge in [0.1, 0.15) is 6.10 Å². The van der Waals surface area contributed by atoms with Crippen LogP contribution in [0.25, 0.3) is 0 Å². The first-order chi connectivity index (χ1) is 13.9. The monoisotopic (exact) mass is 411 g/mol.